The molecule has 39 heavy (non-hydrogen) atoms. The van der Waals surface area contributed by atoms with Crippen LogP contribution in [0.2, 0.25) is 0 Å². The van der Waals surface area contributed by atoms with E-state index in [4.69, 9.17) is 0 Å². The number of anilines is 1. The van der Waals surface area contributed by atoms with E-state index in [-0.39, 0.29) is 11.8 Å². The van der Waals surface area contributed by atoms with Crippen molar-refractivity contribution in [2.75, 3.05) is 31.5 Å². The Kier molecular flexibility index (Phi) is 7.42. The van der Waals surface area contributed by atoms with Crippen LogP contribution >= 0.6 is 0 Å². The van der Waals surface area contributed by atoms with Crippen LogP contribution in [-0.2, 0) is 4.79 Å². The van der Waals surface area contributed by atoms with Gasteiger partial charge in [-0.25, -0.2) is 4.68 Å². The van der Waals surface area contributed by atoms with Crippen molar-refractivity contribution in [3.05, 3.63) is 82.8 Å². The van der Waals surface area contributed by atoms with Gasteiger partial charge < -0.3 is 20.5 Å². The summed E-state index contributed by atoms with van der Waals surface area (Å²) in [4.78, 5) is 31.5. The van der Waals surface area contributed by atoms with E-state index >= 15 is 0 Å². The zero-order valence-electron chi connectivity index (χ0n) is 22.7. The highest BCUT2D eigenvalue weighted by Crippen LogP contribution is 2.35. The molecule has 0 saturated carbocycles. The van der Waals surface area contributed by atoms with Crippen LogP contribution in [0, 0.1) is 13.8 Å². The molecular weight excluding hydrogens is 490 g/mol. The van der Waals surface area contributed by atoms with Gasteiger partial charge in [0.05, 0.1) is 23.0 Å². The number of fused-ring (bicyclic) bond motifs is 1. The van der Waals surface area contributed by atoms with Gasteiger partial charge in [0.1, 0.15) is 5.69 Å². The minimum atomic E-state index is -0.192. The third kappa shape index (κ3) is 5.26. The molecule has 5 rings (SSSR count). The summed E-state index contributed by atoms with van der Waals surface area (Å²) in [5, 5.41) is 14.6. The molecule has 1 aliphatic rings. The van der Waals surface area contributed by atoms with Gasteiger partial charge in [-0.15, -0.1) is 5.10 Å². The zero-order chi connectivity index (χ0) is 27.5. The quantitative estimate of drug-likeness (QED) is 0.281. The maximum Gasteiger partial charge on any atom is 0.256 e. The van der Waals surface area contributed by atoms with Gasteiger partial charge >= 0.3 is 0 Å². The molecule has 0 aliphatic carbocycles. The van der Waals surface area contributed by atoms with Crippen LogP contribution in [0.3, 0.4) is 0 Å². The fraction of sp³-hybridized carbons (Fsp3) is 0.267. The fourth-order valence-corrected chi connectivity index (χ4v) is 4.95. The third-order valence-corrected chi connectivity index (χ3v) is 7.21. The Morgan fingerprint density at radius 3 is 2.62 bits per heavy atom. The molecule has 2 aromatic heterocycles. The Labute approximate surface area is 227 Å². The Balaban J connectivity index is 1.41. The Morgan fingerprint density at radius 1 is 1.10 bits per heavy atom. The average molecular weight is 524 g/mol. The molecule has 0 unspecified atom stereocenters. The van der Waals surface area contributed by atoms with Crippen molar-refractivity contribution in [2.24, 2.45) is 0 Å². The summed E-state index contributed by atoms with van der Waals surface area (Å²) in [6, 6.07) is 15.6. The van der Waals surface area contributed by atoms with E-state index in [0.29, 0.717) is 17.7 Å². The summed E-state index contributed by atoms with van der Waals surface area (Å²) < 4.78 is 1.70. The molecule has 4 aromatic rings. The first-order chi connectivity index (χ1) is 18.9. The van der Waals surface area contributed by atoms with Crippen molar-refractivity contribution in [1.82, 2.24) is 30.2 Å². The van der Waals surface area contributed by atoms with Crippen LogP contribution in [0.15, 0.2) is 54.7 Å². The number of nitrogens with zero attached hydrogens (tertiary/aromatic N) is 4. The highest BCUT2D eigenvalue weighted by atomic mass is 16.2. The summed E-state index contributed by atoms with van der Waals surface area (Å²) in [5.74, 6) is -0.306. The number of nitrogens with one attached hydrogen (secondary N) is 3. The van der Waals surface area contributed by atoms with Gasteiger partial charge in [-0.05, 0) is 56.8 Å². The maximum absolute atomic E-state index is 13.0. The lowest BCUT2D eigenvalue weighted by molar-refractivity contribution is -0.110. The number of benzene rings is 2. The largest absolute Gasteiger partial charge is 0.358 e. The van der Waals surface area contributed by atoms with E-state index in [9.17, 15) is 9.59 Å². The number of carbonyl (C=O) groups is 2. The number of H-pyrrole nitrogens is 1. The summed E-state index contributed by atoms with van der Waals surface area (Å²) in [7, 11) is 0. The smallest absolute Gasteiger partial charge is 0.256 e. The van der Waals surface area contributed by atoms with Crippen LogP contribution in [0.1, 0.15) is 46.7 Å². The molecule has 1 aliphatic heterocycles. The van der Waals surface area contributed by atoms with Gasteiger partial charge in [0.2, 0.25) is 0 Å². The van der Waals surface area contributed by atoms with E-state index in [1.807, 2.05) is 74.7 Å². The van der Waals surface area contributed by atoms with Crippen LogP contribution in [-0.4, -0.2) is 62.9 Å². The number of aromatic nitrogens is 4. The molecule has 9 nitrogen and oxygen atoms in total. The molecule has 3 N–H and O–H groups in total. The molecule has 0 bridgehead atoms. The lowest BCUT2D eigenvalue weighted by atomic mass is 10.0. The minimum Gasteiger partial charge on any atom is -0.358 e. The van der Waals surface area contributed by atoms with Gasteiger partial charge in [-0.1, -0.05) is 49.4 Å². The SMILES string of the molecule is CCN(CC)CCNC(=O)c1c(C)[nH]c(C=C2C(=O)Nc3ccc(-n4cc(-c5ccccc5)nn4)cc32)c1C. The first-order valence-electron chi connectivity index (χ1n) is 13.2. The van der Waals surface area contributed by atoms with E-state index in [1.54, 1.807) is 4.68 Å². The van der Waals surface area contributed by atoms with Gasteiger partial charge in [0, 0.05) is 41.3 Å². The van der Waals surface area contributed by atoms with E-state index < -0.39 is 0 Å². The topological polar surface area (TPSA) is 108 Å². The zero-order valence-corrected chi connectivity index (χ0v) is 22.7. The highest BCUT2D eigenvalue weighted by molar-refractivity contribution is 6.35. The third-order valence-electron chi connectivity index (χ3n) is 7.21. The summed E-state index contributed by atoms with van der Waals surface area (Å²) >= 11 is 0. The van der Waals surface area contributed by atoms with Crippen molar-refractivity contribution in [1.29, 1.82) is 0 Å². The first kappa shape index (κ1) is 26.1. The summed E-state index contributed by atoms with van der Waals surface area (Å²) in [6.07, 6.45) is 3.69. The Bertz CT molecular complexity index is 1540. The number of carbonyl (C=O) groups excluding carboxylic acids is 2. The minimum absolute atomic E-state index is 0.114. The second kappa shape index (κ2) is 11.1. The lowest BCUT2D eigenvalue weighted by Crippen LogP contribution is -2.35. The van der Waals surface area contributed by atoms with Crippen molar-refractivity contribution < 1.29 is 9.59 Å². The Morgan fingerprint density at radius 2 is 1.87 bits per heavy atom. The second-order valence-electron chi connectivity index (χ2n) is 9.60. The van der Waals surface area contributed by atoms with Gasteiger partial charge in [0.15, 0.2) is 0 Å². The van der Waals surface area contributed by atoms with Gasteiger partial charge in [-0.2, -0.15) is 0 Å². The number of aromatic amines is 1. The van der Waals surface area contributed by atoms with Crippen LogP contribution in [0.4, 0.5) is 5.69 Å². The molecule has 9 heteroatoms. The summed E-state index contributed by atoms with van der Waals surface area (Å²) in [5.41, 5.74) is 7.48. The number of aryl methyl sites for hydroxylation is 1. The lowest BCUT2D eigenvalue weighted by Gasteiger charge is -2.18. The molecule has 0 fully saturated rings. The molecule has 0 atom stereocenters. The molecule has 200 valence electrons. The van der Waals surface area contributed by atoms with Crippen molar-refractivity contribution in [3.63, 3.8) is 0 Å². The molecule has 2 amide bonds. The van der Waals surface area contributed by atoms with Crippen LogP contribution in [0.25, 0.3) is 28.6 Å². The highest BCUT2D eigenvalue weighted by Gasteiger charge is 2.26. The predicted octanol–water partition coefficient (Wildman–Crippen LogP) is 4.44. The Hall–Kier alpha value is -4.50. The van der Waals surface area contributed by atoms with Gasteiger partial charge in [-0.3, -0.25) is 9.59 Å². The monoisotopic (exact) mass is 523 g/mol. The normalized spacial score (nSPS) is 13.7. The van der Waals surface area contributed by atoms with E-state index in [1.165, 1.54) is 0 Å². The molecule has 0 saturated heterocycles. The number of hydrogen-bond acceptors (Lipinski definition) is 5. The van der Waals surface area contributed by atoms with Crippen LogP contribution in [0.5, 0.6) is 0 Å². The van der Waals surface area contributed by atoms with Crippen molar-refractivity contribution in [3.8, 4) is 16.9 Å². The van der Waals surface area contributed by atoms with Crippen molar-refractivity contribution >= 4 is 29.2 Å². The molecular formula is C30H33N7O2. The van der Waals surface area contributed by atoms with E-state index in [0.717, 1.165) is 64.8 Å². The van der Waals surface area contributed by atoms with Crippen molar-refractivity contribution in [2.45, 2.75) is 27.7 Å². The molecule has 0 spiro atoms. The standard InChI is InChI=1S/C30H33N7O2/c1-5-36(6-2)15-14-31-30(39)28-19(3)26(32-20(28)4)17-24-23-16-22(12-13-25(23)33-29(24)38)37-18-27(34-35-37)21-10-8-7-9-11-21/h7-13,16-18,32H,5-6,14-15H2,1-4H3,(H,31,39)(H,33,38). The number of rotatable bonds is 9. The second-order valence-corrected chi connectivity index (χ2v) is 9.60. The average Bonchev–Trinajstić information content (AvgIpc) is 3.63. The maximum atomic E-state index is 13.0. The number of likely N-dealkylation sites (N-methyl/N-ethyl adjacent to an activating group) is 1. The van der Waals surface area contributed by atoms with Gasteiger partial charge in [0.25, 0.3) is 11.8 Å². The van der Waals surface area contributed by atoms with Crippen LogP contribution < -0.4 is 10.6 Å². The predicted molar refractivity (Wildman–Crippen MR) is 154 cm³/mol. The number of hydrogen-bond donors (Lipinski definition) is 3. The molecule has 0 radical (unpaired) electrons. The number of amides is 2. The fourth-order valence-electron chi connectivity index (χ4n) is 4.95. The molecule has 3 heterocycles. The summed E-state index contributed by atoms with van der Waals surface area (Å²) in [6.45, 7) is 11.3. The molecule has 2 aromatic carbocycles. The first-order valence-corrected chi connectivity index (χ1v) is 13.2. The van der Waals surface area contributed by atoms with E-state index in [2.05, 4.69) is 44.7 Å².